The Hall–Kier alpha value is -14.9. The largest absolute Gasteiger partial charge is 0.338 e. The zero-order chi connectivity index (χ0) is 100. The molecule has 0 saturated heterocycles. The van der Waals surface area contributed by atoms with E-state index in [1.54, 1.807) is 92.1 Å². The van der Waals surface area contributed by atoms with Gasteiger partial charge in [-0.2, -0.15) is 20.4 Å². The van der Waals surface area contributed by atoms with Crippen LogP contribution in [0.2, 0.25) is 0 Å². The summed E-state index contributed by atoms with van der Waals surface area (Å²) in [6.45, 7) is 54.5. The molecule has 0 amide bonds. The van der Waals surface area contributed by atoms with Gasteiger partial charge in [0.05, 0.1) is 83.0 Å². The molecule has 0 saturated carbocycles. The van der Waals surface area contributed by atoms with Crippen molar-refractivity contribution in [3.05, 3.63) is 315 Å². The Bertz CT molecular complexity index is 5470. The molecule has 3 aliphatic rings. The van der Waals surface area contributed by atoms with E-state index in [1.165, 1.54) is 39.3 Å². The first-order valence-electron chi connectivity index (χ1n) is 45.9. The zero-order valence-corrected chi connectivity index (χ0v) is 85.1. The average Bonchev–Trinajstić information content (AvgIpc) is 1.68. The molecule has 0 spiro atoms. The lowest BCUT2D eigenvalue weighted by Crippen LogP contribution is -2.13. The van der Waals surface area contributed by atoms with Gasteiger partial charge in [-0.15, -0.1) is 11.3 Å². The number of aromatic nitrogens is 22. The van der Waals surface area contributed by atoms with Gasteiger partial charge in [-0.05, 0) is 86.1 Å². The minimum absolute atomic E-state index is 0.231. The fraction of sp³-hybridized carbons (Fsp3) is 0.330. The number of thiazole rings is 1. The van der Waals surface area contributed by atoms with Gasteiger partial charge in [0.1, 0.15) is 63.0 Å². The second-order valence-electron chi connectivity index (χ2n) is 25.0. The van der Waals surface area contributed by atoms with Crippen LogP contribution in [0.3, 0.4) is 0 Å². The van der Waals surface area contributed by atoms with Crippen molar-refractivity contribution in [2.45, 2.75) is 212 Å². The molecule has 33 nitrogen and oxygen atoms in total. The third-order valence-electron chi connectivity index (χ3n) is 16.2. The Kier molecular flexibility index (Phi) is 64.5. The summed E-state index contributed by atoms with van der Waals surface area (Å²) in [5.74, 6) is 4.00. The van der Waals surface area contributed by atoms with Gasteiger partial charge >= 0.3 is 0 Å². The number of azo groups is 1. The SMILES string of the molecule is C1=CN=NC1.C1=NC=NC1.C1=NN=CC1.CC.CC.CC.CC.CC.CC.CC.CC.CC.CC.Cc1nc2c([nH]1)c(=N)ncn2Cc1ccccc1.Cc1nc2c([nH]1)c(=N)ncn2Cc1ccccc1.Cc1nc2c([nH]1)c(=N)ncn2Cc1ccccc1.Cc1nc2c([nH]1)c(=N)ncn2Cc1ccccc1.Cc1nc2c([nH]1)c(=N)ncn2Cc1ccccc1.c1cnsc1.c1cscn1. The molecule has 0 atom stereocenters. The molecule has 17 aromatic rings. The van der Waals surface area contributed by atoms with Crippen LogP contribution < -0.4 is 27.4 Å². The lowest BCUT2D eigenvalue weighted by Gasteiger charge is -2.06. The van der Waals surface area contributed by atoms with Crippen molar-refractivity contribution in [1.29, 1.82) is 27.0 Å². The number of H-pyrrole nitrogens is 5. The fourth-order valence-electron chi connectivity index (χ4n) is 11.0. The molecule has 0 fully saturated rings. The lowest BCUT2D eigenvalue weighted by atomic mass is 10.2. The Morgan fingerprint density at radius 3 is 0.741 bits per heavy atom. The first kappa shape index (κ1) is 118. The maximum Gasteiger partial charge on any atom is 0.173 e. The average molecular weight is 1870 g/mol. The number of aromatic amines is 5. The summed E-state index contributed by atoms with van der Waals surface area (Å²) in [6, 6.07) is 52.6. The molecule has 12 aromatic heterocycles. The molecule has 15 heterocycles. The summed E-state index contributed by atoms with van der Waals surface area (Å²) in [5, 5.41) is 56.8. The van der Waals surface area contributed by atoms with E-state index in [9.17, 15) is 0 Å². The predicted molar refractivity (Wildman–Crippen MR) is 560 cm³/mol. The van der Waals surface area contributed by atoms with E-state index in [1.807, 2.05) is 310 Å². The van der Waals surface area contributed by atoms with Crippen molar-refractivity contribution < 1.29 is 0 Å². The molecule has 3 aliphatic heterocycles. The summed E-state index contributed by atoms with van der Waals surface area (Å²) in [5.41, 5.74) is 16.2. The molecule has 135 heavy (non-hydrogen) atoms. The van der Waals surface area contributed by atoms with Crippen molar-refractivity contribution in [3.8, 4) is 0 Å². The van der Waals surface area contributed by atoms with Crippen LogP contribution in [0.4, 0.5) is 0 Å². The van der Waals surface area contributed by atoms with Crippen LogP contribution in [0.15, 0.2) is 261 Å². The van der Waals surface area contributed by atoms with E-state index < -0.39 is 0 Å². The summed E-state index contributed by atoms with van der Waals surface area (Å²) in [7, 11) is 0. The number of aliphatic imine (C=N–C) groups is 2. The highest BCUT2D eigenvalue weighted by atomic mass is 32.1. The number of benzene rings is 5. The minimum Gasteiger partial charge on any atom is -0.338 e. The maximum absolute atomic E-state index is 7.76. The highest BCUT2D eigenvalue weighted by molar-refractivity contribution is 7.07. The van der Waals surface area contributed by atoms with E-state index in [0.717, 1.165) is 76.9 Å². The van der Waals surface area contributed by atoms with Crippen LogP contribution in [0.25, 0.3) is 55.8 Å². The van der Waals surface area contributed by atoms with Crippen molar-refractivity contribution in [3.63, 3.8) is 0 Å². The Morgan fingerprint density at radius 2 is 0.600 bits per heavy atom. The van der Waals surface area contributed by atoms with Crippen LogP contribution >= 0.6 is 22.9 Å². The van der Waals surface area contributed by atoms with Gasteiger partial charge < -0.3 is 47.8 Å². The summed E-state index contributed by atoms with van der Waals surface area (Å²) in [4.78, 5) is 69.0. The Labute approximate surface area is 803 Å². The van der Waals surface area contributed by atoms with Crippen molar-refractivity contribution in [2.24, 2.45) is 30.4 Å². The molecule has 0 bridgehead atoms. The van der Waals surface area contributed by atoms with Crippen LogP contribution in [0.5, 0.6) is 0 Å². The fourth-order valence-corrected chi connectivity index (χ4v) is 11.7. The van der Waals surface area contributed by atoms with E-state index in [2.05, 4.69) is 175 Å². The van der Waals surface area contributed by atoms with Crippen molar-refractivity contribution in [1.82, 2.24) is 107 Å². The van der Waals surface area contributed by atoms with E-state index in [4.69, 9.17) is 27.0 Å². The first-order chi connectivity index (χ1) is 66.2. The van der Waals surface area contributed by atoms with Crippen molar-refractivity contribution >= 4 is 104 Å². The number of hydrogen-bond acceptors (Lipinski definition) is 25. The second-order valence-corrected chi connectivity index (χ2v) is 26.4. The number of fused-ring (bicyclic) bond motifs is 5. The van der Waals surface area contributed by atoms with Gasteiger partial charge in [-0.25, -0.2) is 59.2 Å². The van der Waals surface area contributed by atoms with Gasteiger partial charge in [0.15, 0.2) is 55.7 Å². The number of aryl methyl sites for hydroxylation is 5. The van der Waals surface area contributed by atoms with Gasteiger partial charge in [-0.1, -0.05) is 290 Å². The molecule has 5 aromatic carbocycles. The Morgan fingerprint density at radius 1 is 0.326 bits per heavy atom. The first-order valence-corrected chi connectivity index (χ1v) is 47.7. The third-order valence-corrected chi connectivity index (χ3v) is 17.2. The molecular formula is C100H143N33S2. The van der Waals surface area contributed by atoms with Gasteiger partial charge in [0, 0.05) is 54.4 Å². The van der Waals surface area contributed by atoms with Gasteiger partial charge in [0.2, 0.25) is 0 Å². The number of nitrogens with one attached hydrogen (secondary N) is 10. The van der Waals surface area contributed by atoms with Crippen molar-refractivity contribution in [2.75, 3.05) is 13.1 Å². The number of rotatable bonds is 10. The quantitative estimate of drug-likeness (QED) is 0.0611. The minimum atomic E-state index is 0.231. The predicted octanol–water partition coefficient (Wildman–Crippen LogP) is 22.0. The van der Waals surface area contributed by atoms with Crippen LogP contribution in [0, 0.1) is 61.7 Å². The number of imidazole rings is 5. The molecule has 10 N–H and O–H groups in total. The molecule has 0 unspecified atom stereocenters. The van der Waals surface area contributed by atoms with Gasteiger partial charge in [0.25, 0.3) is 0 Å². The van der Waals surface area contributed by atoms with E-state index in [-0.39, 0.29) is 27.4 Å². The summed E-state index contributed by atoms with van der Waals surface area (Å²) in [6.07, 6.45) is 23.2. The zero-order valence-electron chi connectivity index (χ0n) is 83.5. The highest BCUT2D eigenvalue weighted by Gasteiger charge is 2.13. The summed E-state index contributed by atoms with van der Waals surface area (Å²) >= 11 is 3.06. The van der Waals surface area contributed by atoms with E-state index >= 15 is 0 Å². The lowest BCUT2D eigenvalue weighted by molar-refractivity contribution is 0.783. The highest BCUT2D eigenvalue weighted by Crippen LogP contribution is 2.15. The normalized spacial score (nSPS) is 10.3. The molecule has 35 heteroatoms. The Balaban J connectivity index is 0.000000757. The van der Waals surface area contributed by atoms with E-state index in [0.29, 0.717) is 60.3 Å². The third kappa shape index (κ3) is 42.9. The molecule has 0 radical (unpaired) electrons. The standard InChI is InChI=1S/5C13H13N5.3C3H4N2.2C3H3NS.10C2H6/c5*1-9-16-11-12(14)15-8-18(13(11)17-9)7-10-5-3-2-4-6-10;1-2-5-3-4-1;2*1-2-4-5-3-1;1-2-5-3-4-1;1-2-4-5-3-1;10*1-2/h5*2-6,8,14H,7H2,1H3,(H,16,17);1,3H,2H2;2-3H,1H2;1-2H,3H2;2*1-3H;10*1-2H3. The molecule has 720 valence electrons. The number of hydrogen-bond donors (Lipinski definition) is 10. The topological polar surface area (TPSA) is 452 Å². The van der Waals surface area contributed by atoms with Crippen LogP contribution in [-0.2, 0) is 32.7 Å². The smallest absolute Gasteiger partial charge is 0.173 e. The second kappa shape index (κ2) is 73.8. The number of nitrogens with zero attached hydrogens (tertiary/aromatic N) is 23. The maximum atomic E-state index is 7.76. The molecule has 0 aliphatic carbocycles. The van der Waals surface area contributed by atoms with Crippen LogP contribution in [-0.4, -0.2) is 145 Å². The summed E-state index contributed by atoms with van der Waals surface area (Å²) < 4.78 is 13.5. The monoisotopic (exact) mass is 1870 g/mol. The van der Waals surface area contributed by atoms with Crippen LogP contribution in [0.1, 0.15) is 202 Å². The van der Waals surface area contributed by atoms with Gasteiger partial charge in [-0.3, -0.25) is 37.0 Å². The molecule has 20 rings (SSSR count). The molecular weight excluding hydrogens is 1730 g/mol.